The molecule has 156 valence electrons. The Kier molecular flexibility index (Phi) is 8.66. The van der Waals surface area contributed by atoms with E-state index in [0.717, 1.165) is 0 Å². The quantitative estimate of drug-likeness (QED) is 0.290. The van der Waals surface area contributed by atoms with Gasteiger partial charge in [0.25, 0.3) is 0 Å². The molecule has 0 atom stereocenters. The number of nitrogens with one attached hydrogen (secondary N) is 1. The van der Waals surface area contributed by atoms with Crippen molar-refractivity contribution in [1.82, 2.24) is 15.3 Å². The Bertz CT molecular complexity index is 812. The van der Waals surface area contributed by atoms with E-state index >= 15 is 0 Å². The van der Waals surface area contributed by atoms with E-state index in [1.54, 1.807) is 26.3 Å². The van der Waals surface area contributed by atoms with E-state index in [9.17, 15) is 20.4 Å². The zero-order valence-corrected chi connectivity index (χ0v) is 16.6. The number of aryl methyl sites for hydroxylation is 2. The van der Waals surface area contributed by atoms with Crippen LogP contribution in [-0.2, 0) is 13.2 Å². The summed E-state index contributed by atoms with van der Waals surface area (Å²) in [6.07, 6.45) is 6.13. The second kappa shape index (κ2) is 11.2. The van der Waals surface area contributed by atoms with Gasteiger partial charge in [-0.05, 0) is 13.8 Å². The first-order chi connectivity index (χ1) is 14.0. The molecule has 0 saturated heterocycles. The summed E-state index contributed by atoms with van der Waals surface area (Å²) in [5.74, 6) is 0.0545. The molecule has 0 amide bonds. The number of rotatable bonds is 10. The lowest BCUT2D eigenvalue weighted by atomic mass is 10.1. The first-order valence-electron chi connectivity index (χ1n) is 9.26. The Hall–Kier alpha value is -2.88. The highest BCUT2D eigenvalue weighted by Crippen LogP contribution is 2.22. The molecule has 9 heteroatoms. The average molecular weight is 401 g/mol. The van der Waals surface area contributed by atoms with Crippen LogP contribution in [0, 0.1) is 13.8 Å². The second-order valence-corrected chi connectivity index (χ2v) is 6.40. The molecule has 2 heterocycles. The summed E-state index contributed by atoms with van der Waals surface area (Å²) in [5.41, 5.74) is 2.99. The maximum absolute atomic E-state index is 10.0. The highest BCUT2D eigenvalue weighted by molar-refractivity contribution is 5.86. The van der Waals surface area contributed by atoms with Crippen LogP contribution in [0.5, 0.6) is 11.5 Å². The lowest BCUT2D eigenvalue weighted by Gasteiger charge is -2.07. The smallest absolute Gasteiger partial charge is 0.145 e. The molecule has 0 spiro atoms. The minimum absolute atomic E-state index is 0.0273. The summed E-state index contributed by atoms with van der Waals surface area (Å²) in [6.45, 7) is 5.16. The molecule has 0 aliphatic carbocycles. The van der Waals surface area contributed by atoms with Crippen LogP contribution in [-0.4, -0.2) is 69.0 Å². The van der Waals surface area contributed by atoms with Crippen LogP contribution in [0.1, 0.15) is 33.6 Å². The van der Waals surface area contributed by atoms with Crippen LogP contribution in [0.2, 0.25) is 0 Å². The van der Waals surface area contributed by atoms with Crippen LogP contribution in [0.15, 0.2) is 22.4 Å². The van der Waals surface area contributed by atoms with E-state index in [2.05, 4.69) is 25.3 Å². The van der Waals surface area contributed by atoms with Gasteiger partial charge in [-0.25, -0.2) is 0 Å². The van der Waals surface area contributed by atoms with E-state index in [0.29, 0.717) is 59.8 Å². The van der Waals surface area contributed by atoms with E-state index in [4.69, 9.17) is 0 Å². The molecule has 0 fully saturated rings. The van der Waals surface area contributed by atoms with Crippen LogP contribution < -0.4 is 5.32 Å². The number of nitrogens with zero attached hydrogens (tertiary/aromatic N) is 4. The van der Waals surface area contributed by atoms with E-state index < -0.39 is 0 Å². The molecule has 0 saturated carbocycles. The molecule has 29 heavy (non-hydrogen) atoms. The first-order valence-corrected chi connectivity index (χ1v) is 9.26. The molecule has 0 unspecified atom stereocenters. The predicted molar refractivity (Wildman–Crippen MR) is 111 cm³/mol. The topological polar surface area (TPSA) is 143 Å². The minimum Gasteiger partial charge on any atom is -0.505 e. The van der Waals surface area contributed by atoms with Crippen molar-refractivity contribution in [3.8, 4) is 11.5 Å². The van der Waals surface area contributed by atoms with Crippen molar-refractivity contribution >= 4 is 12.4 Å². The SMILES string of the molecule is Cc1ncc(CO)c(C=NCCNCCN=Cc2c(CO)cnc(C)c2O)c1O. The summed E-state index contributed by atoms with van der Waals surface area (Å²) in [7, 11) is 0. The largest absolute Gasteiger partial charge is 0.505 e. The fourth-order valence-corrected chi connectivity index (χ4v) is 2.57. The summed E-state index contributed by atoms with van der Waals surface area (Å²) < 4.78 is 0. The lowest BCUT2D eigenvalue weighted by Crippen LogP contribution is -2.21. The second-order valence-electron chi connectivity index (χ2n) is 6.40. The number of aliphatic imine (C=N–C) groups is 2. The Balaban J connectivity index is 1.78. The maximum Gasteiger partial charge on any atom is 0.145 e. The summed E-state index contributed by atoms with van der Waals surface area (Å²) in [5, 5.41) is 41.9. The summed E-state index contributed by atoms with van der Waals surface area (Å²) in [6, 6.07) is 0. The monoisotopic (exact) mass is 401 g/mol. The molecule has 0 bridgehead atoms. The molecule has 2 aromatic heterocycles. The van der Waals surface area contributed by atoms with Gasteiger partial charge in [0, 0.05) is 60.2 Å². The number of aliphatic hydroxyl groups excluding tert-OH is 2. The molecule has 5 N–H and O–H groups in total. The van der Waals surface area contributed by atoms with Crippen LogP contribution >= 0.6 is 0 Å². The zero-order valence-electron chi connectivity index (χ0n) is 16.6. The van der Waals surface area contributed by atoms with Gasteiger partial charge in [0.1, 0.15) is 11.5 Å². The van der Waals surface area contributed by atoms with Crippen molar-refractivity contribution in [3.63, 3.8) is 0 Å². The number of aromatic nitrogens is 2. The zero-order chi connectivity index (χ0) is 21.2. The van der Waals surface area contributed by atoms with Gasteiger partial charge in [-0.2, -0.15) is 0 Å². The van der Waals surface area contributed by atoms with Gasteiger partial charge < -0.3 is 25.7 Å². The lowest BCUT2D eigenvalue weighted by molar-refractivity contribution is 0.280. The molecule has 2 aromatic rings. The predicted octanol–water partition coefficient (Wildman–Crippen LogP) is 0.617. The highest BCUT2D eigenvalue weighted by atomic mass is 16.3. The van der Waals surface area contributed by atoms with E-state index in [-0.39, 0.29) is 24.7 Å². The minimum atomic E-state index is -0.219. The molecule has 2 rings (SSSR count). The average Bonchev–Trinajstić information content (AvgIpc) is 2.72. The number of hydrogen-bond donors (Lipinski definition) is 5. The van der Waals surface area contributed by atoms with Crippen molar-refractivity contribution in [2.45, 2.75) is 27.1 Å². The van der Waals surface area contributed by atoms with Gasteiger partial charge >= 0.3 is 0 Å². The maximum atomic E-state index is 10.0. The normalized spacial score (nSPS) is 11.7. The molecule has 0 aromatic carbocycles. The Labute approximate surface area is 169 Å². The van der Waals surface area contributed by atoms with Crippen LogP contribution in [0.25, 0.3) is 0 Å². The Morgan fingerprint density at radius 3 is 1.62 bits per heavy atom. The summed E-state index contributed by atoms with van der Waals surface area (Å²) >= 11 is 0. The Morgan fingerprint density at radius 1 is 0.828 bits per heavy atom. The molecule has 9 nitrogen and oxygen atoms in total. The highest BCUT2D eigenvalue weighted by Gasteiger charge is 2.09. The summed E-state index contributed by atoms with van der Waals surface area (Å²) in [4.78, 5) is 16.6. The third kappa shape index (κ3) is 6.05. The van der Waals surface area contributed by atoms with Gasteiger partial charge in [-0.3, -0.25) is 20.0 Å². The molecular weight excluding hydrogens is 374 g/mol. The third-order valence-electron chi connectivity index (χ3n) is 4.33. The van der Waals surface area contributed by atoms with E-state index in [1.165, 1.54) is 12.4 Å². The Morgan fingerprint density at radius 2 is 1.24 bits per heavy atom. The van der Waals surface area contributed by atoms with Crippen molar-refractivity contribution in [2.24, 2.45) is 9.98 Å². The van der Waals surface area contributed by atoms with Crippen LogP contribution in [0.3, 0.4) is 0 Å². The fraction of sp³-hybridized carbons (Fsp3) is 0.400. The third-order valence-corrected chi connectivity index (χ3v) is 4.33. The van der Waals surface area contributed by atoms with Gasteiger partial charge in [0.15, 0.2) is 0 Å². The number of aliphatic hydroxyl groups is 2. The van der Waals surface area contributed by atoms with E-state index in [1.807, 2.05) is 0 Å². The van der Waals surface area contributed by atoms with Crippen molar-refractivity contribution < 1.29 is 20.4 Å². The van der Waals surface area contributed by atoms with Crippen molar-refractivity contribution in [3.05, 3.63) is 46.0 Å². The van der Waals surface area contributed by atoms with Gasteiger partial charge in [-0.1, -0.05) is 0 Å². The standard InChI is InChI=1S/C20H27N5O4/c1-13-19(28)17(15(11-26)7-24-13)9-22-5-3-21-4-6-23-10-18-16(12-27)8-25-14(2)20(18)29/h7-10,21,26-29H,3-6,11-12H2,1-2H3. The van der Waals surface area contributed by atoms with Crippen LogP contribution in [0.4, 0.5) is 0 Å². The number of aromatic hydroxyl groups is 2. The van der Waals surface area contributed by atoms with Gasteiger partial charge in [-0.15, -0.1) is 0 Å². The first kappa shape index (κ1) is 22.4. The molecular formula is C20H27N5O4. The van der Waals surface area contributed by atoms with Gasteiger partial charge in [0.2, 0.25) is 0 Å². The van der Waals surface area contributed by atoms with Crippen molar-refractivity contribution in [2.75, 3.05) is 26.2 Å². The van der Waals surface area contributed by atoms with Crippen molar-refractivity contribution in [1.29, 1.82) is 0 Å². The fourth-order valence-electron chi connectivity index (χ4n) is 2.57. The number of hydrogen-bond acceptors (Lipinski definition) is 9. The molecule has 0 aliphatic rings. The molecule has 0 aliphatic heterocycles. The number of pyridine rings is 2. The van der Waals surface area contributed by atoms with Gasteiger partial charge in [0.05, 0.1) is 37.7 Å². The molecule has 0 radical (unpaired) electrons.